The van der Waals surface area contributed by atoms with E-state index < -0.39 is 0 Å². The van der Waals surface area contributed by atoms with Crippen LogP contribution in [0.25, 0.3) is 0 Å². The van der Waals surface area contributed by atoms with Crippen molar-refractivity contribution >= 4 is 11.9 Å². The molecule has 2 rings (SSSR count). The van der Waals surface area contributed by atoms with E-state index in [-0.39, 0.29) is 5.91 Å². The number of aryl methyl sites for hydroxylation is 1. The molecule has 2 N–H and O–H groups in total. The summed E-state index contributed by atoms with van der Waals surface area (Å²) in [6.07, 6.45) is 6.43. The van der Waals surface area contributed by atoms with Gasteiger partial charge in [0, 0.05) is 18.3 Å². The first-order valence-corrected chi connectivity index (χ1v) is 6.70. The molecule has 0 saturated heterocycles. The molecule has 19 heavy (non-hydrogen) atoms. The summed E-state index contributed by atoms with van der Waals surface area (Å²) in [5.74, 6) is 0.357. The van der Waals surface area contributed by atoms with Gasteiger partial charge in [-0.15, -0.1) is 6.58 Å². The van der Waals surface area contributed by atoms with Crippen LogP contribution in [-0.4, -0.2) is 28.5 Å². The third kappa shape index (κ3) is 3.77. The van der Waals surface area contributed by atoms with Crippen LogP contribution >= 0.6 is 0 Å². The lowest BCUT2D eigenvalue weighted by Gasteiger charge is -2.13. The molecule has 1 aliphatic rings. The fourth-order valence-corrected chi connectivity index (χ4v) is 2.26. The summed E-state index contributed by atoms with van der Waals surface area (Å²) in [7, 11) is 0. The number of nitrogens with one attached hydrogen (secondary N) is 2. The zero-order valence-corrected chi connectivity index (χ0v) is 11.3. The predicted molar refractivity (Wildman–Crippen MR) is 75.2 cm³/mol. The summed E-state index contributed by atoms with van der Waals surface area (Å²) in [5, 5.41) is 6.03. The molecule has 0 atom stereocenters. The first-order chi connectivity index (χ1) is 9.19. The fourth-order valence-electron chi connectivity index (χ4n) is 2.26. The summed E-state index contributed by atoms with van der Waals surface area (Å²) in [6.45, 7) is 5.87. The number of carbonyl (C=O) groups is 1. The van der Waals surface area contributed by atoms with Gasteiger partial charge < -0.3 is 10.6 Å². The van der Waals surface area contributed by atoms with Crippen LogP contribution in [0.5, 0.6) is 0 Å². The topological polar surface area (TPSA) is 66.9 Å². The molecule has 1 saturated carbocycles. The predicted octanol–water partition coefficient (Wildman–Crippen LogP) is 2.06. The molecule has 0 aromatic carbocycles. The third-order valence-corrected chi connectivity index (χ3v) is 3.18. The molecule has 5 heteroatoms. The second-order valence-corrected chi connectivity index (χ2v) is 4.84. The lowest BCUT2D eigenvalue weighted by Crippen LogP contribution is -2.25. The molecule has 1 aromatic rings. The molecule has 1 heterocycles. The SMILES string of the molecule is C=CCNC(=O)c1cc(C)nc(NC2CCCC2)n1. The summed E-state index contributed by atoms with van der Waals surface area (Å²) < 4.78 is 0. The Morgan fingerprint density at radius 3 is 2.89 bits per heavy atom. The number of amides is 1. The van der Waals surface area contributed by atoms with Crippen molar-refractivity contribution in [1.29, 1.82) is 0 Å². The van der Waals surface area contributed by atoms with Gasteiger partial charge in [0.2, 0.25) is 5.95 Å². The van der Waals surface area contributed by atoms with Crippen molar-refractivity contribution in [3.63, 3.8) is 0 Å². The van der Waals surface area contributed by atoms with Gasteiger partial charge in [-0.2, -0.15) is 0 Å². The molecular formula is C14H20N4O. The Balaban J connectivity index is 2.09. The second kappa shape index (κ2) is 6.31. The van der Waals surface area contributed by atoms with Gasteiger partial charge in [0.05, 0.1) is 0 Å². The highest BCUT2D eigenvalue weighted by Gasteiger charge is 2.17. The molecule has 0 radical (unpaired) electrons. The van der Waals surface area contributed by atoms with E-state index in [1.165, 1.54) is 12.8 Å². The lowest BCUT2D eigenvalue weighted by atomic mass is 10.2. The normalized spacial score (nSPS) is 15.2. The number of nitrogens with zero attached hydrogens (tertiary/aromatic N) is 2. The quantitative estimate of drug-likeness (QED) is 0.795. The van der Waals surface area contributed by atoms with E-state index in [4.69, 9.17) is 0 Å². The van der Waals surface area contributed by atoms with Crippen molar-refractivity contribution in [2.45, 2.75) is 38.6 Å². The van der Waals surface area contributed by atoms with E-state index in [1.807, 2.05) is 6.92 Å². The van der Waals surface area contributed by atoms with Crippen molar-refractivity contribution in [2.24, 2.45) is 0 Å². The minimum atomic E-state index is -0.195. The van der Waals surface area contributed by atoms with Gasteiger partial charge >= 0.3 is 0 Å². The van der Waals surface area contributed by atoms with Gasteiger partial charge in [-0.1, -0.05) is 18.9 Å². The summed E-state index contributed by atoms with van der Waals surface area (Å²) in [5.41, 5.74) is 1.19. The Morgan fingerprint density at radius 1 is 1.47 bits per heavy atom. The van der Waals surface area contributed by atoms with Gasteiger partial charge in [-0.25, -0.2) is 9.97 Å². The van der Waals surface area contributed by atoms with Crippen LogP contribution in [0.2, 0.25) is 0 Å². The number of hydrogen-bond donors (Lipinski definition) is 2. The van der Waals surface area contributed by atoms with E-state index in [1.54, 1.807) is 12.1 Å². The zero-order valence-electron chi connectivity index (χ0n) is 11.3. The summed E-state index contributed by atoms with van der Waals surface area (Å²) in [4.78, 5) is 20.5. The van der Waals surface area contributed by atoms with Crippen molar-refractivity contribution < 1.29 is 4.79 Å². The molecule has 0 spiro atoms. The summed E-state index contributed by atoms with van der Waals surface area (Å²) in [6, 6.07) is 2.13. The highest BCUT2D eigenvalue weighted by Crippen LogP contribution is 2.20. The fraction of sp³-hybridized carbons (Fsp3) is 0.500. The Kier molecular flexibility index (Phi) is 4.49. The molecule has 5 nitrogen and oxygen atoms in total. The molecule has 1 amide bonds. The Bertz CT molecular complexity index is 467. The van der Waals surface area contributed by atoms with Crippen molar-refractivity contribution in [2.75, 3.05) is 11.9 Å². The van der Waals surface area contributed by atoms with Gasteiger partial charge in [-0.3, -0.25) is 4.79 Å². The number of carbonyl (C=O) groups excluding carboxylic acids is 1. The molecule has 1 fully saturated rings. The maximum Gasteiger partial charge on any atom is 0.270 e. The first-order valence-electron chi connectivity index (χ1n) is 6.70. The van der Waals surface area contributed by atoms with Gasteiger partial charge in [0.15, 0.2) is 0 Å². The smallest absolute Gasteiger partial charge is 0.270 e. The van der Waals surface area contributed by atoms with Crippen LogP contribution in [0.4, 0.5) is 5.95 Å². The Morgan fingerprint density at radius 2 is 2.21 bits per heavy atom. The van der Waals surface area contributed by atoms with E-state index in [2.05, 4.69) is 27.2 Å². The number of aromatic nitrogens is 2. The Labute approximate surface area is 113 Å². The molecule has 1 aliphatic carbocycles. The minimum absolute atomic E-state index is 0.195. The maximum absolute atomic E-state index is 11.9. The third-order valence-electron chi connectivity index (χ3n) is 3.18. The monoisotopic (exact) mass is 260 g/mol. The minimum Gasteiger partial charge on any atom is -0.351 e. The molecule has 0 aliphatic heterocycles. The molecule has 0 bridgehead atoms. The van der Waals surface area contributed by atoms with Gasteiger partial charge in [0.25, 0.3) is 5.91 Å². The summed E-state index contributed by atoms with van der Waals surface area (Å²) >= 11 is 0. The molecule has 102 valence electrons. The highest BCUT2D eigenvalue weighted by molar-refractivity contribution is 5.92. The van der Waals surface area contributed by atoms with Gasteiger partial charge in [0.1, 0.15) is 5.69 Å². The van der Waals surface area contributed by atoms with Crippen LogP contribution in [0, 0.1) is 6.92 Å². The number of anilines is 1. The van der Waals surface area contributed by atoms with Crippen LogP contribution in [-0.2, 0) is 0 Å². The van der Waals surface area contributed by atoms with Crippen molar-refractivity contribution in [1.82, 2.24) is 15.3 Å². The molecular weight excluding hydrogens is 240 g/mol. The van der Waals surface area contributed by atoms with E-state index in [0.717, 1.165) is 18.5 Å². The van der Waals surface area contributed by atoms with Crippen molar-refractivity contribution in [3.05, 3.63) is 30.1 Å². The maximum atomic E-state index is 11.9. The Hall–Kier alpha value is -1.91. The van der Waals surface area contributed by atoms with E-state index in [9.17, 15) is 4.79 Å². The molecule has 1 aromatic heterocycles. The standard InChI is InChI=1S/C14H20N4O/c1-3-8-15-13(19)12-9-10(2)16-14(18-12)17-11-6-4-5-7-11/h3,9,11H,1,4-8H2,2H3,(H,15,19)(H,16,17,18). The number of rotatable bonds is 5. The van der Waals surface area contributed by atoms with E-state index in [0.29, 0.717) is 24.2 Å². The van der Waals surface area contributed by atoms with Crippen LogP contribution in [0.1, 0.15) is 41.9 Å². The van der Waals surface area contributed by atoms with Crippen LogP contribution in [0.15, 0.2) is 18.7 Å². The lowest BCUT2D eigenvalue weighted by molar-refractivity contribution is 0.0953. The average Bonchev–Trinajstić information content (AvgIpc) is 2.88. The highest BCUT2D eigenvalue weighted by atomic mass is 16.1. The van der Waals surface area contributed by atoms with E-state index >= 15 is 0 Å². The molecule has 0 unspecified atom stereocenters. The number of hydrogen-bond acceptors (Lipinski definition) is 4. The van der Waals surface area contributed by atoms with Crippen LogP contribution < -0.4 is 10.6 Å². The second-order valence-electron chi connectivity index (χ2n) is 4.84. The van der Waals surface area contributed by atoms with Gasteiger partial charge in [-0.05, 0) is 25.8 Å². The van der Waals surface area contributed by atoms with Crippen LogP contribution in [0.3, 0.4) is 0 Å². The first kappa shape index (κ1) is 13.5. The zero-order chi connectivity index (χ0) is 13.7. The van der Waals surface area contributed by atoms with Crippen molar-refractivity contribution in [3.8, 4) is 0 Å². The largest absolute Gasteiger partial charge is 0.351 e. The average molecular weight is 260 g/mol.